The van der Waals surface area contributed by atoms with Gasteiger partial charge in [-0.3, -0.25) is 4.79 Å². The molecule has 1 N–H and O–H groups in total. The molecule has 2 aromatic rings. The minimum Gasteiger partial charge on any atom is -0.353 e. The van der Waals surface area contributed by atoms with Gasteiger partial charge in [0, 0.05) is 12.6 Å². The van der Waals surface area contributed by atoms with E-state index in [9.17, 15) is 4.79 Å². The molecule has 0 aliphatic rings. The largest absolute Gasteiger partial charge is 0.353 e. The zero-order chi connectivity index (χ0) is 15.2. The molecule has 0 atom stereocenters. The maximum absolute atomic E-state index is 11.7. The van der Waals surface area contributed by atoms with Gasteiger partial charge in [0.25, 0.3) is 0 Å². The van der Waals surface area contributed by atoms with Gasteiger partial charge < -0.3 is 9.88 Å². The first-order chi connectivity index (χ1) is 10.1. The Bertz CT molecular complexity index is 593. The molecule has 21 heavy (non-hydrogen) atoms. The fourth-order valence-electron chi connectivity index (χ4n) is 2.11. The van der Waals surface area contributed by atoms with Gasteiger partial charge in [-0.2, -0.15) is 0 Å². The van der Waals surface area contributed by atoms with E-state index in [-0.39, 0.29) is 11.9 Å². The molecular weight excluding hydrogens is 282 g/mol. The summed E-state index contributed by atoms with van der Waals surface area (Å²) in [6.07, 6.45) is 1.88. The second kappa shape index (κ2) is 7.31. The number of nitrogens with one attached hydrogen (secondary N) is 1. The minimum absolute atomic E-state index is 0.0434. The normalized spacial score (nSPS) is 10.9. The second-order valence-electron chi connectivity index (χ2n) is 5.05. The first kappa shape index (κ1) is 15.6. The van der Waals surface area contributed by atoms with Crippen LogP contribution in [0.5, 0.6) is 0 Å². The zero-order valence-electron chi connectivity index (χ0n) is 12.7. The van der Waals surface area contributed by atoms with Crippen molar-refractivity contribution in [3.63, 3.8) is 0 Å². The molecule has 0 aliphatic carbocycles. The van der Waals surface area contributed by atoms with E-state index < -0.39 is 0 Å². The molecule has 0 spiro atoms. The van der Waals surface area contributed by atoms with Crippen molar-refractivity contribution >= 4 is 17.7 Å². The summed E-state index contributed by atoms with van der Waals surface area (Å²) in [6, 6.07) is 10.4. The number of nitrogens with zero attached hydrogens (tertiary/aromatic N) is 2. The third-order valence-corrected chi connectivity index (χ3v) is 3.98. The lowest BCUT2D eigenvalue weighted by Gasteiger charge is -2.10. The molecule has 4 nitrogen and oxygen atoms in total. The Morgan fingerprint density at radius 2 is 2.05 bits per heavy atom. The molecular formula is C16H21N3OS. The Hall–Kier alpha value is -1.75. The van der Waals surface area contributed by atoms with Gasteiger partial charge in [0.15, 0.2) is 5.16 Å². The molecule has 1 aromatic carbocycles. The van der Waals surface area contributed by atoms with Crippen molar-refractivity contribution in [2.75, 3.05) is 5.75 Å². The van der Waals surface area contributed by atoms with Crippen LogP contribution in [0.1, 0.15) is 20.8 Å². The average molecular weight is 303 g/mol. The quantitative estimate of drug-likeness (QED) is 0.834. The van der Waals surface area contributed by atoms with Gasteiger partial charge in [0.2, 0.25) is 5.91 Å². The van der Waals surface area contributed by atoms with Crippen molar-refractivity contribution in [2.45, 2.75) is 38.5 Å². The van der Waals surface area contributed by atoms with Crippen LogP contribution >= 0.6 is 11.8 Å². The Morgan fingerprint density at radius 3 is 2.67 bits per heavy atom. The number of rotatable bonds is 6. The molecule has 5 heteroatoms. The molecule has 0 saturated carbocycles. The smallest absolute Gasteiger partial charge is 0.230 e. The van der Waals surface area contributed by atoms with Crippen molar-refractivity contribution in [3.8, 4) is 11.3 Å². The summed E-state index contributed by atoms with van der Waals surface area (Å²) in [6.45, 7) is 6.84. The third kappa shape index (κ3) is 4.11. The fraction of sp³-hybridized carbons (Fsp3) is 0.375. The molecule has 0 bridgehead atoms. The standard InChI is InChI=1S/C16H21N3OS/c1-4-19-14(13-8-6-5-7-9-13)10-17-16(19)21-11-15(20)18-12(2)3/h5-10,12H,4,11H2,1-3H3,(H,18,20). The van der Waals surface area contributed by atoms with Crippen molar-refractivity contribution < 1.29 is 4.79 Å². The number of carbonyl (C=O) groups excluding carboxylic acids is 1. The Kier molecular flexibility index (Phi) is 5.44. The SMILES string of the molecule is CCn1c(-c2ccccc2)cnc1SCC(=O)NC(C)C. The number of benzene rings is 1. The Morgan fingerprint density at radius 1 is 1.33 bits per heavy atom. The van der Waals surface area contributed by atoms with Crippen molar-refractivity contribution in [1.29, 1.82) is 0 Å². The van der Waals surface area contributed by atoms with Crippen molar-refractivity contribution in [3.05, 3.63) is 36.5 Å². The molecule has 2 rings (SSSR count). The topological polar surface area (TPSA) is 46.9 Å². The van der Waals surface area contributed by atoms with Crippen LogP contribution in [0.25, 0.3) is 11.3 Å². The van der Waals surface area contributed by atoms with Gasteiger partial charge in [-0.05, 0) is 26.3 Å². The lowest BCUT2D eigenvalue weighted by molar-refractivity contribution is -0.119. The minimum atomic E-state index is 0.0434. The van der Waals surface area contributed by atoms with E-state index in [0.29, 0.717) is 5.75 Å². The molecule has 1 heterocycles. The van der Waals surface area contributed by atoms with Crippen LogP contribution in [-0.4, -0.2) is 27.3 Å². The van der Waals surface area contributed by atoms with Crippen LogP contribution in [0.3, 0.4) is 0 Å². The number of thioether (sulfide) groups is 1. The fourth-order valence-corrected chi connectivity index (χ4v) is 2.97. The van der Waals surface area contributed by atoms with E-state index in [1.54, 1.807) is 0 Å². The highest BCUT2D eigenvalue weighted by Gasteiger charge is 2.12. The van der Waals surface area contributed by atoms with E-state index in [1.807, 2.05) is 38.2 Å². The van der Waals surface area contributed by atoms with Crippen LogP contribution in [0.15, 0.2) is 41.7 Å². The number of hydrogen-bond donors (Lipinski definition) is 1. The van der Waals surface area contributed by atoms with E-state index in [1.165, 1.54) is 11.8 Å². The van der Waals surface area contributed by atoms with E-state index in [4.69, 9.17) is 0 Å². The van der Waals surface area contributed by atoms with Crippen LogP contribution in [0.4, 0.5) is 0 Å². The predicted molar refractivity (Wildman–Crippen MR) is 87.3 cm³/mol. The highest BCUT2D eigenvalue weighted by Crippen LogP contribution is 2.25. The van der Waals surface area contributed by atoms with E-state index >= 15 is 0 Å². The zero-order valence-corrected chi connectivity index (χ0v) is 13.5. The molecule has 112 valence electrons. The monoisotopic (exact) mass is 303 g/mol. The number of imidazole rings is 1. The van der Waals surface area contributed by atoms with E-state index in [0.717, 1.165) is 23.0 Å². The summed E-state index contributed by atoms with van der Waals surface area (Å²) in [5.74, 6) is 0.436. The summed E-state index contributed by atoms with van der Waals surface area (Å²) >= 11 is 1.48. The van der Waals surface area contributed by atoms with Gasteiger partial charge in [-0.15, -0.1) is 0 Å². The molecule has 0 fully saturated rings. The summed E-state index contributed by atoms with van der Waals surface area (Å²) in [5, 5.41) is 3.78. The summed E-state index contributed by atoms with van der Waals surface area (Å²) in [4.78, 5) is 16.2. The number of hydrogen-bond acceptors (Lipinski definition) is 3. The maximum Gasteiger partial charge on any atom is 0.230 e. The van der Waals surface area contributed by atoms with Gasteiger partial charge in [-0.1, -0.05) is 42.1 Å². The summed E-state index contributed by atoms with van der Waals surface area (Å²) in [5.41, 5.74) is 2.23. The van der Waals surface area contributed by atoms with Gasteiger partial charge >= 0.3 is 0 Å². The highest BCUT2D eigenvalue weighted by atomic mass is 32.2. The predicted octanol–water partition coefficient (Wildman–Crippen LogP) is 3.19. The maximum atomic E-state index is 11.7. The molecule has 0 radical (unpaired) electrons. The second-order valence-corrected chi connectivity index (χ2v) is 5.99. The van der Waals surface area contributed by atoms with Crippen LogP contribution in [0.2, 0.25) is 0 Å². The highest BCUT2D eigenvalue weighted by molar-refractivity contribution is 7.99. The van der Waals surface area contributed by atoms with Crippen LogP contribution in [0, 0.1) is 0 Å². The van der Waals surface area contributed by atoms with Crippen LogP contribution in [-0.2, 0) is 11.3 Å². The van der Waals surface area contributed by atoms with Gasteiger partial charge in [0.1, 0.15) is 0 Å². The molecule has 0 unspecified atom stereocenters. The molecule has 0 aliphatic heterocycles. The first-order valence-electron chi connectivity index (χ1n) is 7.15. The number of aromatic nitrogens is 2. The average Bonchev–Trinajstić information content (AvgIpc) is 2.88. The first-order valence-corrected chi connectivity index (χ1v) is 8.13. The molecule has 1 amide bonds. The summed E-state index contributed by atoms with van der Waals surface area (Å²) < 4.78 is 2.14. The van der Waals surface area contributed by atoms with Crippen molar-refractivity contribution in [1.82, 2.24) is 14.9 Å². The molecule has 1 aromatic heterocycles. The third-order valence-electron chi connectivity index (χ3n) is 2.99. The Balaban J connectivity index is 2.11. The van der Waals surface area contributed by atoms with Crippen LogP contribution < -0.4 is 5.32 Å². The van der Waals surface area contributed by atoms with Crippen molar-refractivity contribution in [2.24, 2.45) is 0 Å². The number of carbonyl (C=O) groups is 1. The summed E-state index contributed by atoms with van der Waals surface area (Å²) in [7, 11) is 0. The van der Waals surface area contributed by atoms with Gasteiger partial charge in [0.05, 0.1) is 17.6 Å². The van der Waals surface area contributed by atoms with E-state index in [2.05, 4.69) is 33.9 Å². The Labute approximate surface area is 130 Å². The molecule has 0 saturated heterocycles. The van der Waals surface area contributed by atoms with Gasteiger partial charge in [-0.25, -0.2) is 4.98 Å². The lowest BCUT2D eigenvalue weighted by atomic mass is 10.2. The lowest BCUT2D eigenvalue weighted by Crippen LogP contribution is -2.31. The number of amides is 1.